The third-order valence-electron chi connectivity index (χ3n) is 2.59. The van der Waals surface area contributed by atoms with Gasteiger partial charge >= 0.3 is 5.69 Å². The molecule has 1 aromatic carbocycles. The summed E-state index contributed by atoms with van der Waals surface area (Å²) >= 11 is 1.58. The first kappa shape index (κ1) is 15.2. The summed E-state index contributed by atoms with van der Waals surface area (Å²) in [6, 6.07) is 6.67. The van der Waals surface area contributed by atoms with Gasteiger partial charge in [0.1, 0.15) is 18.2 Å². The van der Waals surface area contributed by atoms with E-state index in [2.05, 4.69) is 15.3 Å². The molecule has 8 heteroatoms. The molecular weight excluding hydrogens is 295 g/mol. The van der Waals surface area contributed by atoms with Gasteiger partial charge in [-0.3, -0.25) is 10.1 Å². The molecule has 110 valence electrons. The van der Waals surface area contributed by atoms with Gasteiger partial charge in [0, 0.05) is 18.1 Å². The summed E-state index contributed by atoms with van der Waals surface area (Å²) in [6.45, 7) is 0.594. The molecule has 2 aromatic rings. The number of hydrogen-bond donors (Lipinski definition) is 1. The minimum absolute atomic E-state index is 0.144. The van der Waals surface area contributed by atoms with Crippen LogP contribution in [-0.4, -0.2) is 27.2 Å². The van der Waals surface area contributed by atoms with E-state index < -0.39 is 4.92 Å². The summed E-state index contributed by atoms with van der Waals surface area (Å²) in [5.74, 6) is 1.48. The Balaban J connectivity index is 1.70. The average molecular weight is 308 g/mol. The molecule has 1 heterocycles. The highest BCUT2D eigenvalue weighted by molar-refractivity contribution is 7.98. The van der Waals surface area contributed by atoms with Crippen molar-refractivity contribution in [2.75, 3.05) is 17.6 Å². The quantitative estimate of drug-likeness (QED) is 0.481. The van der Waals surface area contributed by atoms with Gasteiger partial charge in [0.15, 0.2) is 0 Å². The smallest absolute Gasteiger partial charge is 0.305 e. The van der Waals surface area contributed by atoms with E-state index in [0.29, 0.717) is 23.8 Å². The van der Waals surface area contributed by atoms with Crippen LogP contribution in [0.15, 0.2) is 36.7 Å². The van der Waals surface area contributed by atoms with Crippen LogP contribution in [-0.2, 0) is 5.75 Å². The molecule has 6 nitrogen and oxygen atoms in total. The van der Waals surface area contributed by atoms with Gasteiger partial charge in [-0.1, -0.05) is 18.2 Å². The first-order valence-corrected chi connectivity index (χ1v) is 7.34. The lowest BCUT2D eigenvalue weighted by atomic mass is 10.2. The fraction of sp³-hybridized carbons (Fsp3) is 0.231. The molecule has 0 amide bonds. The third kappa shape index (κ3) is 4.67. The second-order valence-corrected chi connectivity index (χ2v) is 5.20. The van der Waals surface area contributed by atoms with Crippen molar-refractivity contribution in [2.45, 2.75) is 5.75 Å². The first-order chi connectivity index (χ1) is 10.2. The Labute approximate surface area is 125 Å². The van der Waals surface area contributed by atoms with Crippen molar-refractivity contribution in [3.63, 3.8) is 0 Å². The molecule has 0 saturated heterocycles. The van der Waals surface area contributed by atoms with E-state index in [1.807, 2.05) is 6.07 Å². The first-order valence-electron chi connectivity index (χ1n) is 6.18. The van der Waals surface area contributed by atoms with E-state index in [-0.39, 0.29) is 11.5 Å². The second kappa shape index (κ2) is 7.53. The van der Waals surface area contributed by atoms with E-state index in [1.165, 1.54) is 6.07 Å². The normalized spacial score (nSPS) is 10.3. The van der Waals surface area contributed by atoms with Crippen LogP contribution in [0.1, 0.15) is 5.56 Å². The molecule has 0 aliphatic heterocycles. The predicted octanol–water partition coefficient (Wildman–Crippen LogP) is 2.87. The van der Waals surface area contributed by atoms with Crippen molar-refractivity contribution >= 4 is 23.4 Å². The molecule has 2 rings (SSSR count). The number of nitrogens with zero attached hydrogens (tertiary/aromatic N) is 3. The van der Waals surface area contributed by atoms with Crippen LogP contribution in [0.3, 0.4) is 0 Å². The van der Waals surface area contributed by atoms with Gasteiger partial charge in [0.25, 0.3) is 0 Å². The topological polar surface area (TPSA) is 81.0 Å². The summed E-state index contributed by atoms with van der Waals surface area (Å²) in [5.41, 5.74) is 0.531. The maximum atomic E-state index is 13.4. The number of aromatic nitrogens is 2. The minimum Gasteiger partial charge on any atom is -0.353 e. The summed E-state index contributed by atoms with van der Waals surface area (Å²) in [4.78, 5) is 17.6. The number of nitrogens with one attached hydrogen (secondary N) is 1. The Bertz CT molecular complexity index is 609. The van der Waals surface area contributed by atoms with Crippen molar-refractivity contribution in [3.8, 4) is 0 Å². The van der Waals surface area contributed by atoms with Crippen molar-refractivity contribution in [1.82, 2.24) is 9.97 Å². The number of thioether (sulfide) groups is 1. The molecule has 0 aliphatic rings. The number of hydrogen-bond acceptors (Lipinski definition) is 6. The van der Waals surface area contributed by atoms with Crippen LogP contribution < -0.4 is 5.32 Å². The van der Waals surface area contributed by atoms with E-state index in [1.54, 1.807) is 23.9 Å². The highest BCUT2D eigenvalue weighted by Crippen LogP contribution is 2.15. The minimum atomic E-state index is -0.548. The van der Waals surface area contributed by atoms with E-state index in [9.17, 15) is 14.5 Å². The van der Waals surface area contributed by atoms with Crippen LogP contribution in [0, 0.1) is 15.9 Å². The molecule has 1 aromatic heterocycles. The summed E-state index contributed by atoms with van der Waals surface area (Å²) < 4.78 is 13.4. The van der Waals surface area contributed by atoms with E-state index in [0.717, 1.165) is 18.1 Å². The van der Waals surface area contributed by atoms with Crippen molar-refractivity contribution in [1.29, 1.82) is 0 Å². The standard InChI is InChI=1S/C13H13FN4O2S/c14-12-4-2-1-3-10(12)9-21-6-5-15-13-16-7-11(8-17-13)18(19)20/h1-4,7-8H,5-6,9H2,(H,15,16,17). The van der Waals surface area contributed by atoms with Gasteiger partial charge < -0.3 is 5.32 Å². The lowest BCUT2D eigenvalue weighted by Crippen LogP contribution is -2.07. The lowest BCUT2D eigenvalue weighted by Gasteiger charge is -2.05. The summed E-state index contributed by atoms with van der Waals surface area (Å²) in [6.07, 6.45) is 2.31. The van der Waals surface area contributed by atoms with E-state index in [4.69, 9.17) is 0 Å². The zero-order valence-corrected chi connectivity index (χ0v) is 11.8. The van der Waals surface area contributed by atoms with E-state index >= 15 is 0 Å². The zero-order valence-electron chi connectivity index (χ0n) is 11.0. The second-order valence-electron chi connectivity index (χ2n) is 4.09. The van der Waals surface area contributed by atoms with Gasteiger partial charge in [-0.25, -0.2) is 14.4 Å². The van der Waals surface area contributed by atoms with Gasteiger partial charge in [-0.2, -0.15) is 11.8 Å². The van der Waals surface area contributed by atoms with Crippen molar-refractivity contribution in [2.24, 2.45) is 0 Å². The molecule has 0 spiro atoms. The number of rotatable bonds is 7. The van der Waals surface area contributed by atoms with Crippen LogP contribution in [0.25, 0.3) is 0 Å². The van der Waals surface area contributed by atoms with Crippen molar-refractivity contribution in [3.05, 3.63) is 58.2 Å². The molecule has 0 radical (unpaired) electrons. The van der Waals surface area contributed by atoms with Gasteiger partial charge in [-0.05, 0) is 11.6 Å². The van der Waals surface area contributed by atoms with Crippen LogP contribution in [0.4, 0.5) is 16.0 Å². The van der Waals surface area contributed by atoms with Gasteiger partial charge in [0.2, 0.25) is 5.95 Å². The lowest BCUT2D eigenvalue weighted by molar-refractivity contribution is -0.385. The Kier molecular flexibility index (Phi) is 5.44. The highest BCUT2D eigenvalue weighted by atomic mass is 32.2. The SMILES string of the molecule is O=[N+]([O-])c1cnc(NCCSCc2ccccc2F)nc1. The number of anilines is 1. The summed E-state index contributed by atoms with van der Waals surface area (Å²) in [5, 5.41) is 13.4. The zero-order chi connectivity index (χ0) is 15.1. The Morgan fingerprint density at radius 3 is 2.67 bits per heavy atom. The summed E-state index contributed by atoms with van der Waals surface area (Å²) in [7, 11) is 0. The molecule has 0 unspecified atom stereocenters. The molecule has 0 aliphatic carbocycles. The molecule has 1 N–H and O–H groups in total. The molecular formula is C13H13FN4O2S. The molecule has 21 heavy (non-hydrogen) atoms. The number of halogens is 1. The number of benzene rings is 1. The Morgan fingerprint density at radius 1 is 1.29 bits per heavy atom. The highest BCUT2D eigenvalue weighted by Gasteiger charge is 2.06. The van der Waals surface area contributed by atoms with Gasteiger partial charge in [0.05, 0.1) is 4.92 Å². The molecule has 0 fully saturated rings. The predicted molar refractivity (Wildman–Crippen MR) is 79.7 cm³/mol. The van der Waals surface area contributed by atoms with Crippen LogP contribution >= 0.6 is 11.8 Å². The molecule has 0 saturated carbocycles. The van der Waals surface area contributed by atoms with Crippen LogP contribution in [0.5, 0.6) is 0 Å². The number of nitro groups is 1. The van der Waals surface area contributed by atoms with Crippen LogP contribution in [0.2, 0.25) is 0 Å². The van der Waals surface area contributed by atoms with Crippen molar-refractivity contribution < 1.29 is 9.31 Å². The fourth-order valence-electron chi connectivity index (χ4n) is 1.54. The average Bonchev–Trinajstić information content (AvgIpc) is 2.49. The fourth-order valence-corrected chi connectivity index (χ4v) is 2.38. The Hall–Kier alpha value is -2.22. The van der Waals surface area contributed by atoms with Gasteiger partial charge in [-0.15, -0.1) is 0 Å². The third-order valence-corrected chi connectivity index (χ3v) is 3.60. The largest absolute Gasteiger partial charge is 0.353 e. The molecule has 0 atom stereocenters. The maximum absolute atomic E-state index is 13.4. The Morgan fingerprint density at radius 2 is 2.00 bits per heavy atom. The molecule has 0 bridgehead atoms. The maximum Gasteiger partial charge on any atom is 0.305 e. The monoisotopic (exact) mass is 308 g/mol.